The number of aryl methyl sites for hydroxylation is 1. The average molecular weight is 256 g/mol. The van der Waals surface area contributed by atoms with Crippen LogP contribution in [0.15, 0.2) is 0 Å². The van der Waals surface area contributed by atoms with Crippen LogP contribution < -0.4 is 5.73 Å². The van der Waals surface area contributed by atoms with Gasteiger partial charge in [0.1, 0.15) is 5.01 Å². The molecule has 1 heterocycles. The average Bonchev–Trinajstić information content (AvgIpc) is 2.87. The molecule has 2 rings (SSSR count). The van der Waals surface area contributed by atoms with Gasteiger partial charge in [-0.1, -0.05) is 12.8 Å². The largest absolute Gasteiger partial charge is 0.330 e. The summed E-state index contributed by atoms with van der Waals surface area (Å²) in [5.74, 6) is 1.10. The molecule has 2 N–H and O–H groups in total. The standard InChI is InChI=1S/C12H20N2S2/c1-9-11(6-7-13)16-12(14-9)8-15-10-4-2-3-5-10/h10H,2-8,13H2,1H3. The molecule has 4 heteroatoms. The third-order valence-corrected chi connectivity index (χ3v) is 5.84. The molecule has 0 bridgehead atoms. The van der Waals surface area contributed by atoms with E-state index in [4.69, 9.17) is 5.73 Å². The van der Waals surface area contributed by atoms with Gasteiger partial charge in [-0.15, -0.1) is 11.3 Å². The summed E-state index contributed by atoms with van der Waals surface area (Å²) in [6, 6.07) is 0. The molecule has 0 unspecified atom stereocenters. The minimum absolute atomic E-state index is 0.734. The summed E-state index contributed by atoms with van der Waals surface area (Å²) in [4.78, 5) is 6.01. The number of hydrogen-bond acceptors (Lipinski definition) is 4. The van der Waals surface area contributed by atoms with Crippen molar-refractivity contribution in [2.75, 3.05) is 6.54 Å². The van der Waals surface area contributed by atoms with E-state index in [1.165, 1.54) is 41.3 Å². The van der Waals surface area contributed by atoms with Gasteiger partial charge < -0.3 is 5.73 Å². The molecule has 2 nitrogen and oxygen atoms in total. The highest BCUT2D eigenvalue weighted by atomic mass is 32.2. The van der Waals surface area contributed by atoms with E-state index in [2.05, 4.69) is 23.7 Å². The van der Waals surface area contributed by atoms with Gasteiger partial charge in [-0.25, -0.2) is 4.98 Å². The second kappa shape index (κ2) is 6.03. The Morgan fingerprint density at radius 3 is 2.88 bits per heavy atom. The number of hydrogen-bond donors (Lipinski definition) is 1. The summed E-state index contributed by atoms with van der Waals surface area (Å²) >= 11 is 3.95. The fourth-order valence-corrected chi connectivity index (χ4v) is 4.59. The first kappa shape index (κ1) is 12.4. The molecule has 1 aliphatic carbocycles. The summed E-state index contributed by atoms with van der Waals surface area (Å²) in [5, 5.41) is 2.18. The van der Waals surface area contributed by atoms with Crippen molar-refractivity contribution >= 4 is 23.1 Å². The third-order valence-electron chi connectivity index (χ3n) is 3.05. The van der Waals surface area contributed by atoms with Gasteiger partial charge in [0, 0.05) is 15.9 Å². The van der Waals surface area contributed by atoms with E-state index >= 15 is 0 Å². The van der Waals surface area contributed by atoms with Crippen LogP contribution in [-0.4, -0.2) is 16.8 Å². The van der Waals surface area contributed by atoms with Gasteiger partial charge in [0.15, 0.2) is 0 Å². The van der Waals surface area contributed by atoms with Gasteiger partial charge in [-0.2, -0.15) is 11.8 Å². The van der Waals surface area contributed by atoms with Crippen molar-refractivity contribution in [2.45, 2.75) is 50.0 Å². The molecule has 1 aromatic heterocycles. The summed E-state index contributed by atoms with van der Waals surface area (Å²) in [6.07, 6.45) is 6.65. The molecule has 90 valence electrons. The van der Waals surface area contributed by atoms with E-state index in [1.54, 1.807) is 0 Å². The molecule has 0 atom stereocenters. The van der Waals surface area contributed by atoms with Crippen LogP contribution in [0.25, 0.3) is 0 Å². The van der Waals surface area contributed by atoms with Crippen LogP contribution in [-0.2, 0) is 12.2 Å². The Kier molecular flexibility index (Phi) is 4.67. The molecule has 1 fully saturated rings. The lowest BCUT2D eigenvalue weighted by Gasteiger charge is -2.05. The van der Waals surface area contributed by atoms with Gasteiger partial charge >= 0.3 is 0 Å². The third kappa shape index (κ3) is 3.22. The maximum Gasteiger partial charge on any atom is 0.103 e. The van der Waals surface area contributed by atoms with Crippen molar-refractivity contribution in [1.29, 1.82) is 0 Å². The molecule has 1 aliphatic rings. The first-order valence-electron chi connectivity index (χ1n) is 6.06. The van der Waals surface area contributed by atoms with E-state index in [0.717, 1.165) is 24.0 Å². The van der Waals surface area contributed by atoms with E-state index in [1.807, 2.05) is 11.3 Å². The zero-order valence-electron chi connectivity index (χ0n) is 9.87. The summed E-state index contributed by atoms with van der Waals surface area (Å²) in [6.45, 7) is 2.84. The van der Waals surface area contributed by atoms with E-state index in [0.29, 0.717) is 0 Å². The Morgan fingerprint density at radius 2 is 2.19 bits per heavy atom. The molecule has 0 saturated heterocycles. The Hall–Kier alpha value is -0.0600. The van der Waals surface area contributed by atoms with Crippen LogP contribution in [0.1, 0.15) is 41.3 Å². The van der Waals surface area contributed by atoms with E-state index in [9.17, 15) is 0 Å². The van der Waals surface area contributed by atoms with Gasteiger partial charge in [-0.05, 0) is 32.7 Å². The highest BCUT2D eigenvalue weighted by Gasteiger charge is 2.16. The minimum Gasteiger partial charge on any atom is -0.330 e. The lowest BCUT2D eigenvalue weighted by Crippen LogP contribution is -2.01. The second-order valence-electron chi connectivity index (χ2n) is 4.37. The van der Waals surface area contributed by atoms with Crippen LogP contribution in [0.4, 0.5) is 0 Å². The van der Waals surface area contributed by atoms with Gasteiger partial charge in [-0.3, -0.25) is 0 Å². The Bertz CT molecular complexity index is 330. The quantitative estimate of drug-likeness (QED) is 0.879. The summed E-state index contributed by atoms with van der Waals surface area (Å²) in [7, 11) is 0. The predicted molar refractivity (Wildman–Crippen MR) is 73.2 cm³/mol. The molecule has 1 saturated carbocycles. The Balaban J connectivity index is 1.86. The van der Waals surface area contributed by atoms with Gasteiger partial charge in [0.25, 0.3) is 0 Å². The Labute approximate surface area is 106 Å². The van der Waals surface area contributed by atoms with Crippen molar-refractivity contribution in [3.63, 3.8) is 0 Å². The predicted octanol–water partition coefficient (Wildman–Crippen LogP) is 3.13. The molecule has 0 radical (unpaired) electrons. The van der Waals surface area contributed by atoms with Gasteiger partial charge in [0.05, 0.1) is 5.69 Å². The van der Waals surface area contributed by atoms with Crippen molar-refractivity contribution < 1.29 is 0 Å². The van der Waals surface area contributed by atoms with Crippen molar-refractivity contribution in [2.24, 2.45) is 5.73 Å². The first-order chi connectivity index (χ1) is 7.79. The van der Waals surface area contributed by atoms with Crippen molar-refractivity contribution in [1.82, 2.24) is 4.98 Å². The molecule has 1 aromatic rings. The molecule has 0 aromatic carbocycles. The second-order valence-corrected chi connectivity index (χ2v) is 6.83. The SMILES string of the molecule is Cc1nc(CSC2CCCC2)sc1CCN. The maximum absolute atomic E-state index is 5.59. The molecule has 16 heavy (non-hydrogen) atoms. The number of nitrogens with zero attached hydrogens (tertiary/aromatic N) is 1. The smallest absolute Gasteiger partial charge is 0.103 e. The monoisotopic (exact) mass is 256 g/mol. The van der Waals surface area contributed by atoms with Crippen LogP contribution >= 0.6 is 23.1 Å². The highest BCUT2D eigenvalue weighted by Crippen LogP contribution is 2.32. The number of thioether (sulfide) groups is 1. The molecular formula is C12H20N2S2. The normalized spacial score (nSPS) is 17.1. The van der Waals surface area contributed by atoms with Crippen LogP contribution in [0.3, 0.4) is 0 Å². The lowest BCUT2D eigenvalue weighted by molar-refractivity contribution is 0.886. The maximum atomic E-state index is 5.59. The molecule has 0 spiro atoms. The van der Waals surface area contributed by atoms with Crippen LogP contribution in [0, 0.1) is 6.92 Å². The number of rotatable bonds is 5. The topological polar surface area (TPSA) is 38.9 Å². The van der Waals surface area contributed by atoms with Crippen LogP contribution in [0.5, 0.6) is 0 Å². The van der Waals surface area contributed by atoms with Gasteiger partial charge in [0.2, 0.25) is 0 Å². The van der Waals surface area contributed by atoms with Crippen LogP contribution in [0.2, 0.25) is 0 Å². The van der Waals surface area contributed by atoms with Crippen molar-refractivity contribution in [3.8, 4) is 0 Å². The first-order valence-corrected chi connectivity index (χ1v) is 7.93. The minimum atomic E-state index is 0.734. The number of aromatic nitrogens is 1. The molecule has 0 aliphatic heterocycles. The molecular weight excluding hydrogens is 236 g/mol. The summed E-state index contributed by atoms with van der Waals surface area (Å²) < 4.78 is 0. The summed E-state index contributed by atoms with van der Waals surface area (Å²) in [5.41, 5.74) is 6.78. The van der Waals surface area contributed by atoms with E-state index in [-0.39, 0.29) is 0 Å². The van der Waals surface area contributed by atoms with E-state index < -0.39 is 0 Å². The number of nitrogens with two attached hydrogens (primary N) is 1. The fraction of sp³-hybridized carbons (Fsp3) is 0.750. The van der Waals surface area contributed by atoms with Crippen molar-refractivity contribution in [3.05, 3.63) is 15.6 Å². The molecule has 0 amide bonds. The zero-order chi connectivity index (χ0) is 11.4. The number of thiazole rings is 1. The lowest BCUT2D eigenvalue weighted by atomic mass is 10.3. The Morgan fingerprint density at radius 1 is 1.44 bits per heavy atom. The highest BCUT2D eigenvalue weighted by molar-refractivity contribution is 7.99. The zero-order valence-corrected chi connectivity index (χ0v) is 11.5. The fourth-order valence-electron chi connectivity index (χ4n) is 2.16.